The van der Waals surface area contributed by atoms with Crippen LogP contribution < -0.4 is 5.32 Å². The van der Waals surface area contributed by atoms with Gasteiger partial charge in [-0.1, -0.05) is 76.1 Å². The number of carboxylic acid groups (broad SMARTS) is 1. The highest BCUT2D eigenvalue weighted by molar-refractivity contribution is 9.10. The fourth-order valence-electron chi connectivity index (χ4n) is 4.48. The standard InChI is InChI=1S/C29H26BrClN2O3/c1-18-27(23-16-21(30)14-15-25(23)33-28(18)19-8-3-2-4-9-19)29(36)32-17-20(10-7-13-26(34)35)22-11-5-6-12-24(22)31/h2-6,8-9,11-12,14-16,20H,7,10,13,17H2,1H3,(H,32,36)(H,34,35)/t20-/m1/s1. The topological polar surface area (TPSA) is 79.3 Å². The van der Waals surface area contributed by atoms with Crippen molar-refractivity contribution < 1.29 is 14.7 Å². The van der Waals surface area contributed by atoms with E-state index in [1.165, 1.54) is 0 Å². The van der Waals surface area contributed by atoms with Gasteiger partial charge in [-0.3, -0.25) is 9.59 Å². The van der Waals surface area contributed by atoms with Crippen molar-refractivity contribution in [3.8, 4) is 11.3 Å². The summed E-state index contributed by atoms with van der Waals surface area (Å²) in [6, 6.07) is 23.0. The summed E-state index contributed by atoms with van der Waals surface area (Å²) in [6.45, 7) is 2.25. The van der Waals surface area contributed by atoms with Gasteiger partial charge in [0.2, 0.25) is 0 Å². The number of carbonyl (C=O) groups excluding carboxylic acids is 1. The molecule has 36 heavy (non-hydrogen) atoms. The van der Waals surface area contributed by atoms with Crippen LogP contribution in [0.25, 0.3) is 22.2 Å². The molecule has 1 atom stereocenters. The monoisotopic (exact) mass is 564 g/mol. The summed E-state index contributed by atoms with van der Waals surface area (Å²) in [6.07, 6.45) is 1.15. The van der Waals surface area contributed by atoms with Gasteiger partial charge in [-0.25, -0.2) is 4.98 Å². The molecule has 2 N–H and O–H groups in total. The number of halogens is 2. The first kappa shape index (κ1) is 25.9. The first-order chi connectivity index (χ1) is 17.3. The minimum Gasteiger partial charge on any atom is -0.481 e. The predicted molar refractivity (Wildman–Crippen MR) is 148 cm³/mol. The number of rotatable bonds is 9. The Bertz CT molecular complexity index is 1410. The lowest BCUT2D eigenvalue weighted by atomic mass is 9.92. The van der Waals surface area contributed by atoms with Gasteiger partial charge in [0.1, 0.15) is 0 Å². The lowest BCUT2D eigenvalue weighted by Gasteiger charge is -2.20. The summed E-state index contributed by atoms with van der Waals surface area (Å²) < 4.78 is 0.861. The number of fused-ring (bicyclic) bond motifs is 1. The molecular formula is C29H26BrClN2O3. The van der Waals surface area contributed by atoms with Crippen LogP contribution >= 0.6 is 27.5 Å². The molecule has 7 heteroatoms. The van der Waals surface area contributed by atoms with E-state index in [1.54, 1.807) is 0 Å². The van der Waals surface area contributed by atoms with Crippen LogP contribution in [0.2, 0.25) is 5.02 Å². The van der Waals surface area contributed by atoms with E-state index in [-0.39, 0.29) is 18.2 Å². The van der Waals surface area contributed by atoms with Gasteiger partial charge in [0, 0.05) is 39.3 Å². The van der Waals surface area contributed by atoms with Gasteiger partial charge in [-0.15, -0.1) is 0 Å². The summed E-state index contributed by atoms with van der Waals surface area (Å²) in [4.78, 5) is 29.6. The van der Waals surface area contributed by atoms with Gasteiger partial charge in [0.05, 0.1) is 16.8 Å². The predicted octanol–water partition coefficient (Wildman–Crippen LogP) is 7.39. The molecule has 3 aromatic carbocycles. The highest BCUT2D eigenvalue weighted by Crippen LogP contribution is 2.32. The molecule has 0 bridgehead atoms. The maximum absolute atomic E-state index is 13.7. The zero-order valence-electron chi connectivity index (χ0n) is 19.8. The minimum absolute atomic E-state index is 0.0669. The van der Waals surface area contributed by atoms with Gasteiger partial charge >= 0.3 is 5.97 Å². The highest BCUT2D eigenvalue weighted by atomic mass is 79.9. The zero-order valence-corrected chi connectivity index (χ0v) is 22.1. The number of amides is 1. The highest BCUT2D eigenvalue weighted by Gasteiger charge is 2.22. The fraction of sp³-hybridized carbons (Fsp3) is 0.207. The van der Waals surface area contributed by atoms with Gasteiger partial charge in [-0.2, -0.15) is 0 Å². The van der Waals surface area contributed by atoms with E-state index < -0.39 is 5.97 Å². The van der Waals surface area contributed by atoms with Crippen LogP contribution in [-0.4, -0.2) is 28.5 Å². The number of hydrogen-bond acceptors (Lipinski definition) is 3. The molecule has 184 valence electrons. The summed E-state index contributed by atoms with van der Waals surface area (Å²) in [7, 11) is 0. The van der Waals surface area contributed by atoms with E-state index in [1.807, 2.05) is 79.7 Å². The van der Waals surface area contributed by atoms with Crippen LogP contribution in [0.5, 0.6) is 0 Å². The number of nitrogens with one attached hydrogen (secondary N) is 1. The van der Waals surface area contributed by atoms with Crippen molar-refractivity contribution >= 4 is 50.3 Å². The number of hydrogen-bond donors (Lipinski definition) is 2. The molecule has 4 rings (SSSR count). The molecule has 5 nitrogen and oxygen atoms in total. The normalized spacial score (nSPS) is 11.9. The Morgan fingerprint density at radius 3 is 2.50 bits per heavy atom. The first-order valence-electron chi connectivity index (χ1n) is 11.7. The molecule has 0 radical (unpaired) electrons. The van der Waals surface area contributed by atoms with E-state index in [4.69, 9.17) is 21.7 Å². The molecule has 0 spiro atoms. The Balaban J connectivity index is 1.69. The Morgan fingerprint density at radius 1 is 1.06 bits per heavy atom. The van der Waals surface area contributed by atoms with E-state index in [0.29, 0.717) is 30.0 Å². The van der Waals surface area contributed by atoms with Crippen LogP contribution in [-0.2, 0) is 4.79 Å². The SMILES string of the molecule is Cc1c(-c2ccccc2)nc2ccc(Br)cc2c1C(=O)NC[C@@H](CCCC(=O)O)c1ccccc1Cl. The first-order valence-corrected chi connectivity index (χ1v) is 12.9. The Hall–Kier alpha value is -3.22. The van der Waals surface area contributed by atoms with Crippen molar-refractivity contribution in [3.63, 3.8) is 0 Å². The van der Waals surface area contributed by atoms with Crippen molar-refractivity contribution in [1.82, 2.24) is 10.3 Å². The van der Waals surface area contributed by atoms with E-state index in [2.05, 4.69) is 21.2 Å². The third kappa shape index (κ3) is 5.94. The quantitative estimate of drug-likeness (QED) is 0.222. The van der Waals surface area contributed by atoms with Crippen LogP contribution in [0.15, 0.2) is 77.3 Å². The zero-order chi connectivity index (χ0) is 25.7. The van der Waals surface area contributed by atoms with Gasteiger partial charge in [0.25, 0.3) is 5.91 Å². The third-order valence-electron chi connectivity index (χ3n) is 6.26. The van der Waals surface area contributed by atoms with Gasteiger partial charge < -0.3 is 10.4 Å². The second-order valence-corrected chi connectivity index (χ2v) is 10.0. The minimum atomic E-state index is -0.838. The largest absolute Gasteiger partial charge is 0.481 e. The van der Waals surface area contributed by atoms with Crippen LogP contribution in [0.3, 0.4) is 0 Å². The Labute approximate surface area is 223 Å². The van der Waals surface area contributed by atoms with Crippen LogP contribution in [0.1, 0.15) is 46.7 Å². The summed E-state index contributed by atoms with van der Waals surface area (Å²) >= 11 is 9.98. The molecule has 0 fully saturated rings. The Morgan fingerprint density at radius 2 is 1.78 bits per heavy atom. The number of pyridine rings is 1. The second-order valence-electron chi connectivity index (χ2n) is 8.70. The molecule has 0 aliphatic carbocycles. The number of carbonyl (C=O) groups is 2. The molecule has 0 aliphatic rings. The number of nitrogens with zero attached hydrogens (tertiary/aromatic N) is 1. The molecule has 0 saturated heterocycles. The molecule has 1 aromatic heterocycles. The van der Waals surface area contributed by atoms with E-state index in [0.717, 1.165) is 37.8 Å². The number of benzene rings is 3. The maximum atomic E-state index is 13.7. The van der Waals surface area contributed by atoms with Crippen LogP contribution in [0, 0.1) is 6.92 Å². The van der Waals surface area contributed by atoms with Crippen molar-refractivity contribution in [2.24, 2.45) is 0 Å². The smallest absolute Gasteiger partial charge is 0.303 e. The van der Waals surface area contributed by atoms with E-state index >= 15 is 0 Å². The van der Waals surface area contributed by atoms with Crippen molar-refractivity contribution in [2.75, 3.05) is 6.54 Å². The molecule has 0 unspecified atom stereocenters. The summed E-state index contributed by atoms with van der Waals surface area (Å²) in [5, 5.41) is 13.6. The molecule has 0 aliphatic heterocycles. The van der Waals surface area contributed by atoms with Crippen molar-refractivity contribution in [1.29, 1.82) is 0 Å². The third-order valence-corrected chi connectivity index (χ3v) is 7.10. The molecule has 1 amide bonds. The molecule has 1 heterocycles. The number of aliphatic carboxylic acids is 1. The summed E-state index contributed by atoms with van der Waals surface area (Å²) in [5.74, 6) is -1.16. The number of aromatic nitrogens is 1. The average Bonchev–Trinajstić information content (AvgIpc) is 2.86. The average molecular weight is 566 g/mol. The van der Waals surface area contributed by atoms with Crippen molar-refractivity contribution in [3.05, 3.63) is 99.0 Å². The van der Waals surface area contributed by atoms with Crippen LogP contribution in [0.4, 0.5) is 0 Å². The second kappa shape index (κ2) is 11.7. The van der Waals surface area contributed by atoms with Crippen molar-refractivity contribution in [2.45, 2.75) is 32.1 Å². The molecule has 0 saturated carbocycles. The van der Waals surface area contributed by atoms with E-state index in [9.17, 15) is 9.59 Å². The summed E-state index contributed by atoms with van der Waals surface area (Å²) in [5.41, 5.74) is 4.70. The molecule has 4 aromatic rings. The maximum Gasteiger partial charge on any atom is 0.303 e. The lowest BCUT2D eigenvalue weighted by molar-refractivity contribution is -0.137. The Kier molecular flexibility index (Phi) is 8.39. The fourth-order valence-corrected chi connectivity index (χ4v) is 5.13. The lowest BCUT2D eigenvalue weighted by Crippen LogP contribution is -2.29. The molecular weight excluding hydrogens is 540 g/mol. The van der Waals surface area contributed by atoms with Gasteiger partial charge in [-0.05, 0) is 55.2 Å². The number of carboxylic acids is 1. The van der Waals surface area contributed by atoms with Gasteiger partial charge in [0.15, 0.2) is 0 Å².